The van der Waals surface area contributed by atoms with Crippen LogP contribution in [0.1, 0.15) is 21.7 Å². The molecular weight excluding hydrogens is 390 g/mol. The van der Waals surface area contributed by atoms with E-state index in [4.69, 9.17) is 9.84 Å². The van der Waals surface area contributed by atoms with Gasteiger partial charge in [-0.25, -0.2) is 4.79 Å². The number of benzene rings is 1. The van der Waals surface area contributed by atoms with E-state index in [0.717, 1.165) is 11.4 Å². The second-order valence-electron chi connectivity index (χ2n) is 4.13. The molecule has 1 heterocycles. The molecule has 0 unspecified atom stereocenters. The van der Waals surface area contributed by atoms with Gasteiger partial charge < -0.3 is 9.84 Å². The number of pyridine rings is 1. The Kier molecular flexibility index (Phi) is 4.77. The van der Waals surface area contributed by atoms with Crippen molar-refractivity contribution < 1.29 is 14.6 Å². The van der Waals surface area contributed by atoms with E-state index in [1.165, 1.54) is 12.1 Å². The van der Waals surface area contributed by atoms with Gasteiger partial charge in [0.1, 0.15) is 12.4 Å². The van der Waals surface area contributed by atoms with E-state index in [1.54, 1.807) is 0 Å². The van der Waals surface area contributed by atoms with Crippen LogP contribution in [0.3, 0.4) is 0 Å². The molecule has 1 aromatic heterocycles. The number of carboxylic acid groups (broad SMARTS) is 1. The lowest BCUT2D eigenvalue weighted by Crippen LogP contribution is -2.02. The highest BCUT2D eigenvalue weighted by molar-refractivity contribution is 9.11. The fourth-order valence-electron chi connectivity index (χ4n) is 1.65. The van der Waals surface area contributed by atoms with Crippen molar-refractivity contribution in [1.29, 1.82) is 0 Å². The Morgan fingerprint density at radius 1 is 1.30 bits per heavy atom. The van der Waals surface area contributed by atoms with Crippen molar-refractivity contribution in [3.8, 4) is 5.75 Å². The smallest absolute Gasteiger partial charge is 0.335 e. The number of aromatic carboxylic acids is 1. The first-order valence-electron chi connectivity index (χ1n) is 5.75. The summed E-state index contributed by atoms with van der Waals surface area (Å²) < 4.78 is 6.86. The number of hydrogen-bond donors (Lipinski definition) is 1. The van der Waals surface area contributed by atoms with Gasteiger partial charge in [-0.15, -0.1) is 0 Å². The average molecular weight is 401 g/mol. The zero-order valence-corrected chi connectivity index (χ0v) is 13.7. The van der Waals surface area contributed by atoms with Gasteiger partial charge >= 0.3 is 5.97 Å². The van der Waals surface area contributed by atoms with Gasteiger partial charge in [-0.2, -0.15) is 0 Å². The van der Waals surface area contributed by atoms with Crippen LogP contribution in [0.15, 0.2) is 39.3 Å². The highest BCUT2D eigenvalue weighted by Gasteiger charge is 2.13. The monoisotopic (exact) mass is 399 g/mol. The molecule has 6 heteroatoms. The van der Waals surface area contributed by atoms with Crippen LogP contribution in [0.2, 0.25) is 0 Å². The van der Waals surface area contributed by atoms with E-state index >= 15 is 0 Å². The Labute approximate surface area is 133 Å². The van der Waals surface area contributed by atoms with E-state index in [1.807, 2.05) is 25.1 Å². The van der Waals surface area contributed by atoms with Gasteiger partial charge in [-0.1, -0.05) is 6.07 Å². The minimum Gasteiger partial charge on any atom is -0.485 e. The maximum Gasteiger partial charge on any atom is 0.335 e. The number of carbonyl (C=O) groups is 1. The van der Waals surface area contributed by atoms with Crippen LogP contribution in [0, 0.1) is 6.92 Å². The van der Waals surface area contributed by atoms with Crippen LogP contribution in [0.4, 0.5) is 0 Å². The largest absolute Gasteiger partial charge is 0.485 e. The number of aromatic nitrogens is 1. The fourth-order valence-corrected chi connectivity index (χ4v) is 3.06. The Morgan fingerprint density at radius 2 is 1.95 bits per heavy atom. The number of ether oxygens (including phenoxy) is 1. The maximum absolute atomic E-state index is 10.9. The summed E-state index contributed by atoms with van der Waals surface area (Å²) in [6.45, 7) is 2.22. The Bertz CT molecular complexity index is 636. The predicted octanol–water partition coefficient (Wildman–Crippen LogP) is 4.19. The number of carboxylic acids is 1. The molecule has 1 N–H and O–H groups in total. The molecule has 0 bridgehead atoms. The van der Waals surface area contributed by atoms with Crippen molar-refractivity contribution in [3.63, 3.8) is 0 Å². The third-order valence-electron chi connectivity index (χ3n) is 2.56. The number of halogens is 2. The zero-order valence-electron chi connectivity index (χ0n) is 10.6. The van der Waals surface area contributed by atoms with Crippen molar-refractivity contribution in [3.05, 3.63) is 56.2 Å². The molecule has 0 saturated heterocycles. The molecular formula is C14H11Br2NO3. The van der Waals surface area contributed by atoms with Crippen molar-refractivity contribution in [2.75, 3.05) is 0 Å². The van der Waals surface area contributed by atoms with Gasteiger partial charge in [0.15, 0.2) is 0 Å². The molecule has 2 aromatic rings. The second kappa shape index (κ2) is 6.37. The van der Waals surface area contributed by atoms with Gasteiger partial charge in [0, 0.05) is 5.69 Å². The van der Waals surface area contributed by atoms with E-state index < -0.39 is 5.97 Å². The summed E-state index contributed by atoms with van der Waals surface area (Å²) in [5, 5.41) is 8.97. The number of aryl methyl sites for hydroxylation is 1. The molecule has 0 amide bonds. The molecule has 0 atom stereocenters. The molecule has 104 valence electrons. The summed E-state index contributed by atoms with van der Waals surface area (Å²) in [4.78, 5) is 15.3. The molecule has 0 aliphatic rings. The average Bonchev–Trinajstić information content (AvgIpc) is 2.37. The van der Waals surface area contributed by atoms with E-state index in [2.05, 4.69) is 36.8 Å². The summed E-state index contributed by atoms with van der Waals surface area (Å²) in [6, 6.07) is 8.72. The van der Waals surface area contributed by atoms with Crippen LogP contribution in [0.5, 0.6) is 5.75 Å². The van der Waals surface area contributed by atoms with Crippen molar-refractivity contribution in [2.24, 2.45) is 0 Å². The van der Waals surface area contributed by atoms with Crippen LogP contribution in [-0.2, 0) is 6.61 Å². The molecule has 20 heavy (non-hydrogen) atoms. The minimum absolute atomic E-state index is 0.185. The standard InChI is InChI=1S/C14H11Br2NO3/c1-8-3-2-4-10(17-8)7-20-13-11(15)5-9(14(18)19)6-12(13)16/h2-6H,7H2,1H3,(H,18,19). The van der Waals surface area contributed by atoms with Gasteiger partial charge in [-0.05, 0) is 63.0 Å². The van der Waals surface area contributed by atoms with E-state index in [0.29, 0.717) is 21.3 Å². The second-order valence-corrected chi connectivity index (χ2v) is 5.84. The van der Waals surface area contributed by atoms with E-state index in [9.17, 15) is 4.79 Å². The predicted molar refractivity (Wildman–Crippen MR) is 82.1 cm³/mol. The van der Waals surface area contributed by atoms with Crippen LogP contribution < -0.4 is 4.74 Å². The Balaban J connectivity index is 2.20. The molecule has 0 spiro atoms. The summed E-state index contributed by atoms with van der Waals surface area (Å²) in [6.07, 6.45) is 0. The first-order valence-corrected chi connectivity index (χ1v) is 7.33. The van der Waals surface area contributed by atoms with Crippen LogP contribution in [-0.4, -0.2) is 16.1 Å². The van der Waals surface area contributed by atoms with Crippen LogP contribution >= 0.6 is 31.9 Å². The Hall–Kier alpha value is -1.40. The summed E-state index contributed by atoms with van der Waals surface area (Å²) >= 11 is 6.63. The van der Waals surface area contributed by atoms with Crippen LogP contribution in [0.25, 0.3) is 0 Å². The Morgan fingerprint density at radius 3 is 2.50 bits per heavy atom. The lowest BCUT2D eigenvalue weighted by Gasteiger charge is -2.11. The fraction of sp³-hybridized carbons (Fsp3) is 0.143. The molecule has 1 aromatic carbocycles. The van der Waals surface area contributed by atoms with Gasteiger partial charge in [-0.3, -0.25) is 4.98 Å². The number of hydrogen-bond acceptors (Lipinski definition) is 3. The number of rotatable bonds is 4. The highest BCUT2D eigenvalue weighted by Crippen LogP contribution is 2.35. The molecule has 0 fully saturated rings. The quantitative estimate of drug-likeness (QED) is 0.835. The third-order valence-corrected chi connectivity index (χ3v) is 3.73. The van der Waals surface area contributed by atoms with Gasteiger partial charge in [0.2, 0.25) is 0 Å². The molecule has 0 aliphatic carbocycles. The summed E-state index contributed by atoms with van der Waals surface area (Å²) in [7, 11) is 0. The maximum atomic E-state index is 10.9. The first-order chi connectivity index (χ1) is 9.47. The van der Waals surface area contributed by atoms with E-state index in [-0.39, 0.29) is 5.56 Å². The minimum atomic E-state index is -0.988. The SMILES string of the molecule is Cc1cccc(COc2c(Br)cc(C(=O)O)cc2Br)n1. The molecule has 0 saturated carbocycles. The van der Waals surface area contributed by atoms with Crippen molar-refractivity contribution in [2.45, 2.75) is 13.5 Å². The van der Waals surface area contributed by atoms with Crippen molar-refractivity contribution >= 4 is 37.8 Å². The van der Waals surface area contributed by atoms with Gasteiger partial charge in [0.25, 0.3) is 0 Å². The first kappa shape index (κ1) is 15.0. The molecule has 2 rings (SSSR count). The molecule has 4 nitrogen and oxygen atoms in total. The lowest BCUT2D eigenvalue weighted by atomic mass is 10.2. The summed E-state index contributed by atoms with van der Waals surface area (Å²) in [5.74, 6) is -0.434. The third kappa shape index (κ3) is 3.58. The molecule has 0 radical (unpaired) electrons. The van der Waals surface area contributed by atoms with Gasteiger partial charge in [0.05, 0.1) is 20.2 Å². The lowest BCUT2D eigenvalue weighted by molar-refractivity contribution is 0.0696. The topological polar surface area (TPSA) is 59.4 Å². The normalized spacial score (nSPS) is 10.3. The van der Waals surface area contributed by atoms with Crippen molar-refractivity contribution in [1.82, 2.24) is 4.98 Å². The number of nitrogens with zero attached hydrogens (tertiary/aromatic N) is 1. The highest BCUT2D eigenvalue weighted by atomic mass is 79.9. The zero-order chi connectivity index (χ0) is 14.7. The molecule has 0 aliphatic heterocycles. The summed E-state index contributed by atoms with van der Waals surface area (Å²) in [5.41, 5.74) is 1.92.